The van der Waals surface area contributed by atoms with E-state index in [9.17, 15) is 4.79 Å². The first-order valence-electron chi connectivity index (χ1n) is 9.88. The highest BCUT2D eigenvalue weighted by Crippen LogP contribution is 2.32. The van der Waals surface area contributed by atoms with Crippen molar-refractivity contribution in [2.24, 2.45) is 4.99 Å². The molecule has 1 aromatic carbocycles. The average Bonchev–Trinajstić information content (AvgIpc) is 2.93. The number of fused-ring (bicyclic) bond motifs is 1. The van der Waals surface area contributed by atoms with Crippen LogP contribution in [0.15, 0.2) is 23.2 Å². The Morgan fingerprint density at radius 2 is 1.97 bits per heavy atom. The highest BCUT2D eigenvalue weighted by atomic mass is 127. The molecule has 29 heavy (non-hydrogen) atoms. The number of piperidine rings is 1. The van der Waals surface area contributed by atoms with Crippen molar-refractivity contribution in [2.75, 3.05) is 51.9 Å². The fourth-order valence-electron chi connectivity index (χ4n) is 3.28. The van der Waals surface area contributed by atoms with Crippen LogP contribution in [0.4, 0.5) is 5.69 Å². The summed E-state index contributed by atoms with van der Waals surface area (Å²) in [6.45, 7) is 5.59. The Hall–Kier alpha value is -1.75. The van der Waals surface area contributed by atoms with Gasteiger partial charge in [0.05, 0.1) is 26.4 Å². The summed E-state index contributed by atoms with van der Waals surface area (Å²) in [5.74, 6) is 2.35. The summed E-state index contributed by atoms with van der Waals surface area (Å²) in [5.41, 5.74) is 0.883. The van der Waals surface area contributed by atoms with E-state index in [0.717, 1.165) is 49.5 Å². The topological polar surface area (TPSA) is 84.4 Å². The van der Waals surface area contributed by atoms with E-state index >= 15 is 0 Å². The van der Waals surface area contributed by atoms with E-state index in [2.05, 4.69) is 15.6 Å². The average molecular weight is 518 g/mol. The number of carbonyl (C=O) groups is 1. The first kappa shape index (κ1) is 23.5. The van der Waals surface area contributed by atoms with Crippen molar-refractivity contribution in [2.45, 2.75) is 32.2 Å². The Morgan fingerprint density at radius 1 is 1.24 bits per heavy atom. The van der Waals surface area contributed by atoms with Gasteiger partial charge in [0.15, 0.2) is 17.5 Å². The molecule has 162 valence electrons. The van der Waals surface area contributed by atoms with Gasteiger partial charge < -0.3 is 29.7 Å². The number of rotatable bonds is 5. The molecule has 2 heterocycles. The molecule has 2 N–H and O–H groups in total. The quantitative estimate of drug-likeness (QED) is 0.270. The van der Waals surface area contributed by atoms with Gasteiger partial charge >= 0.3 is 0 Å². The van der Waals surface area contributed by atoms with E-state index in [1.54, 1.807) is 14.0 Å². The van der Waals surface area contributed by atoms with Gasteiger partial charge in [0.25, 0.3) is 0 Å². The Balaban J connectivity index is 0.00000300. The Morgan fingerprint density at radius 3 is 2.66 bits per heavy atom. The zero-order valence-corrected chi connectivity index (χ0v) is 19.4. The van der Waals surface area contributed by atoms with Crippen molar-refractivity contribution in [1.29, 1.82) is 0 Å². The summed E-state index contributed by atoms with van der Waals surface area (Å²) in [7, 11) is 1.66. The molecule has 0 radical (unpaired) electrons. The standard InChI is InChI=1S/C20H30N4O4.HI/c1-15(25)24-9-6-16(7-10-24)22-20(21-8-13-26-2)23-17-4-5-18-19(14-17)28-12-3-11-27-18;/h4-5,14,16H,3,6-13H2,1-2H3,(H2,21,22,23);1H. The lowest BCUT2D eigenvalue weighted by Gasteiger charge is -2.32. The summed E-state index contributed by atoms with van der Waals surface area (Å²) in [5, 5.41) is 6.85. The maximum atomic E-state index is 11.5. The van der Waals surface area contributed by atoms with Crippen molar-refractivity contribution < 1.29 is 19.0 Å². The van der Waals surface area contributed by atoms with Gasteiger partial charge in [-0.15, -0.1) is 24.0 Å². The Bertz CT molecular complexity index is 693. The number of aliphatic imine (C=N–C) groups is 1. The third-order valence-corrected chi connectivity index (χ3v) is 4.86. The molecule has 0 saturated carbocycles. The molecule has 1 saturated heterocycles. The predicted molar refractivity (Wildman–Crippen MR) is 124 cm³/mol. The van der Waals surface area contributed by atoms with Crippen LogP contribution >= 0.6 is 24.0 Å². The number of nitrogens with zero attached hydrogens (tertiary/aromatic N) is 2. The zero-order chi connectivity index (χ0) is 19.8. The van der Waals surface area contributed by atoms with E-state index in [4.69, 9.17) is 14.2 Å². The van der Waals surface area contributed by atoms with E-state index in [0.29, 0.717) is 32.3 Å². The number of hydrogen-bond donors (Lipinski definition) is 2. The largest absolute Gasteiger partial charge is 0.490 e. The second kappa shape index (κ2) is 12.1. The van der Waals surface area contributed by atoms with Crippen LogP contribution < -0.4 is 20.1 Å². The fraction of sp³-hybridized carbons (Fsp3) is 0.600. The normalized spacial score (nSPS) is 17.2. The first-order valence-corrected chi connectivity index (χ1v) is 9.88. The van der Waals surface area contributed by atoms with Crippen LogP contribution in [0, 0.1) is 0 Å². The van der Waals surface area contributed by atoms with Crippen LogP contribution in [0.25, 0.3) is 0 Å². The molecular weight excluding hydrogens is 487 g/mol. The molecule has 0 atom stereocenters. The van der Waals surface area contributed by atoms with Gasteiger partial charge in [0, 0.05) is 51.3 Å². The van der Waals surface area contributed by atoms with E-state index in [1.807, 2.05) is 23.1 Å². The summed E-state index contributed by atoms with van der Waals surface area (Å²) in [6, 6.07) is 6.08. The number of amides is 1. The lowest BCUT2D eigenvalue weighted by molar-refractivity contribution is -0.129. The van der Waals surface area contributed by atoms with Crippen molar-refractivity contribution in [3.8, 4) is 11.5 Å². The zero-order valence-electron chi connectivity index (χ0n) is 17.1. The van der Waals surface area contributed by atoms with Gasteiger partial charge in [-0.1, -0.05) is 0 Å². The Labute approximate surface area is 189 Å². The molecule has 0 spiro atoms. The number of guanidine groups is 1. The second-order valence-electron chi connectivity index (χ2n) is 6.98. The van der Waals surface area contributed by atoms with Crippen LogP contribution in [-0.2, 0) is 9.53 Å². The van der Waals surface area contributed by atoms with Gasteiger partial charge in [-0.25, -0.2) is 0 Å². The molecule has 0 aromatic heterocycles. The van der Waals surface area contributed by atoms with Crippen LogP contribution in [-0.4, -0.2) is 69.4 Å². The smallest absolute Gasteiger partial charge is 0.219 e. The number of halogens is 1. The molecule has 0 unspecified atom stereocenters. The number of hydrogen-bond acceptors (Lipinski definition) is 5. The minimum Gasteiger partial charge on any atom is -0.490 e. The number of carbonyl (C=O) groups excluding carboxylic acids is 1. The Kier molecular flexibility index (Phi) is 9.79. The maximum Gasteiger partial charge on any atom is 0.219 e. The molecule has 8 nitrogen and oxygen atoms in total. The molecule has 0 aliphatic carbocycles. The summed E-state index contributed by atoms with van der Waals surface area (Å²) >= 11 is 0. The van der Waals surface area contributed by atoms with Gasteiger partial charge in [-0.3, -0.25) is 9.79 Å². The number of nitrogens with one attached hydrogen (secondary N) is 2. The van der Waals surface area contributed by atoms with Crippen molar-refractivity contribution in [3.05, 3.63) is 18.2 Å². The molecule has 1 fully saturated rings. The second-order valence-corrected chi connectivity index (χ2v) is 6.98. The van der Waals surface area contributed by atoms with E-state index in [1.165, 1.54) is 0 Å². The van der Waals surface area contributed by atoms with Crippen LogP contribution in [0.1, 0.15) is 26.2 Å². The summed E-state index contributed by atoms with van der Waals surface area (Å²) < 4.78 is 16.6. The first-order chi connectivity index (χ1) is 13.7. The minimum atomic E-state index is 0. The number of anilines is 1. The molecular formula is C20H31IN4O4. The fourth-order valence-corrected chi connectivity index (χ4v) is 3.28. The number of likely N-dealkylation sites (tertiary alicyclic amines) is 1. The monoisotopic (exact) mass is 518 g/mol. The van der Waals surface area contributed by atoms with Crippen LogP contribution in [0.5, 0.6) is 11.5 Å². The predicted octanol–water partition coefficient (Wildman–Crippen LogP) is 2.48. The molecule has 0 bridgehead atoms. The minimum absolute atomic E-state index is 0. The van der Waals surface area contributed by atoms with Crippen LogP contribution in [0.2, 0.25) is 0 Å². The van der Waals surface area contributed by atoms with Crippen molar-refractivity contribution in [1.82, 2.24) is 10.2 Å². The van der Waals surface area contributed by atoms with Gasteiger partial charge in [-0.2, -0.15) is 0 Å². The molecule has 1 aromatic rings. The number of methoxy groups -OCH3 is 1. The van der Waals surface area contributed by atoms with E-state index < -0.39 is 0 Å². The SMILES string of the molecule is COCCN=C(Nc1ccc2c(c1)OCCCO2)NC1CCN(C(C)=O)CC1.I. The van der Waals surface area contributed by atoms with Gasteiger partial charge in [0.1, 0.15) is 0 Å². The lowest BCUT2D eigenvalue weighted by Crippen LogP contribution is -2.47. The third-order valence-electron chi connectivity index (χ3n) is 4.86. The van der Waals surface area contributed by atoms with E-state index in [-0.39, 0.29) is 35.9 Å². The van der Waals surface area contributed by atoms with Crippen LogP contribution in [0.3, 0.4) is 0 Å². The maximum absolute atomic E-state index is 11.5. The summed E-state index contributed by atoms with van der Waals surface area (Å²) in [4.78, 5) is 18.0. The van der Waals surface area contributed by atoms with Crippen molar-refractivity contribution in [3.63, 3.8) is 0 Å². The molecule has 3 rings (SSSR count). The highest BCUT2D eigenvalue weighted by Gasteiger charge is 2.21. The third kappa shape index (κ3) is 7.22. The molecule has 2 aliphatic rings. The lowest BCUT2D eigenvalue weighted by atomic mass is 10.1. The van der Waals surface area contributed by atoms with Gasteiger partial charge in [-0.05, 0) is 25.0 Å². The molecule has 2 aliphatic heterocycles. The highest BCUT2D eigenvalue weighted by molar-refractivity contribution is 14.0. The molecule has 9 heteroatoms. The number of ether oxygens (including phenoxy) is 3. The van der Waals surface area contributed by atoms with Crippen molar-refractivity contribution >= 4 is 41.5 Å². The van der Waals surface area contributed by atoms with Gasteiger partial charge in [0.2, 0.25) is 5.91 Å². The summed E-state index contributed by atoms with van der Waals surface area (Å²) in [6.07, 6.45) is 2.67. The number of benzene rings is 1. The molecule has 1 amide bonds.